The normalized spacial score (nSPS) is 11.7. The molecule has 102 valence electrons. The fourth-order valence-electron chi connectivity index (χ4n) is 1.87. The lowest BCUT2D eigenvalue weighted by molar-refractivity contribution is 0.354. The molecule has 0 aliphatic rings. The predicted octanol–water partition coefficient (Wildman–Crippen LogP) is 3.03. The highest BCUT2D eigenvalue weighted by Gasteiger charge is 2.16. The Balaban J connectivity index is 1.91. The predicted molar refractivity (Wildman–Crippen MR) is 75.7 cm³/mol. The molecular weight excluding hydrogens is 238 g/mol. The molecular formula is C15H21N3O. The number of hydrogen-bond acceptors (Lipinski definition) is 4. The third-order valence-corrected chi connectivity index (χ3v) is 2.81. The van der Waals surface area contributed by atoms with Gasteiger partial charge in [-0.3, -0.25) is 0 Å². The van der Waals surface area contributed by atoms with Crippen molar-refractivity contribution in [2.75, 3.05) is 5.73 Å². The summed E-state index contributed by atoms with van der Waals surface area (Å²) in [5.41, 5.74) is 7.85. The van der Waals surface area contributed by atoms with Crippen LogP contribution in [0.25, 0.3) is 0 Å². The van der Waals surface area contributed by atoms with Crippen LogP contribution in [0.4, 0.5) is 5.69 Å². The number of nitrogens with zero attached hydrogens (tertiary/aromatic N) is 2. The summed E-state index contributed by atoms with van der Waals surface area (Å²) in [7, 11) is 0. The summed E-state index contributed by atoms with van der Waals surface area (Å²) >= 11 is 0. The van der Waals surface area contributed by atoms with Crippen molar-refractivity contribution in [1.29, 1.82) is 0 Å². The second-order valence-corrected chi connectivity index (χ2v) is 6.08. The van der Waals surface area contributed by atoms with E-state index in [2.05, 4.69) is 30.9 Å². The highest BCUT2D eigenvalue weighted by Crippen LogP contribution is 2.18. The number of benzene rings is 1. The van der Waals surface area contributed by atoms with Gasteiger partial charge in [-0.05, 0) is 29.5 Å². The van der Waals surface area contributed by atoms with Crippen molar-refractivity contribution in [2.24, 2.45) is 5.41 Å². The van der Waals surface area contributed by atoms with Crippen LogP contribution in [0, 0.1) is 5.41 Å². The van der Waals surface area contributed by atoms with E-state index in [9.17, 15) is 0 Å². The van der Waals surface area contributed by atoms with Crippen molar-refractivity contribution < 1.29 is 4.52 Å². The summed E-state index contributed by atoms with van der Waals surface area (Å²) < 4.78 is 5.27. The average Bonchev–Trinajstić information content (AvgIpc) is 2.73. The second-order valence-electron chi connectivity index (χ2n) is 6.08. The lowest BCUT2D eigenvalue weighted by Crippen LogP contribution is -2.10. The number of nitrogens with two attached hydrogens (primary N) is 1. The molecule has 1 heterocycles. The molecule has 0 atom stereocenters. The van der Waals surface area contributed by atoms with Gasteiger partial charge in [0, 0.05) is 18.5 Å². The number of nitrogen functional groups attached to an aromatic ring is 1. The van der Waals surface area contributed by atoms with Crippen LogP contribution in [0.15, 0.2) is 28.8 Å². The third kappa shape index (κ3) is 4.39. The van der Waals surface area contributed by atoms with Crippen molar-refractivity contribution in [3.05, 3.63) is 41.5 Å². The minimum absolute atomic E-state index is 0.179. The Morgan fingerprint density at radius 1 is 1.11 bits per heavy atom. The Morgan fingerprint density at radius 3 is 2.42 bits per heavy atom. The second kappa shape index (κ2) is 5.43. The van der Waals surface area contributed by atoms with Crippen molar-refractivity contribution in [3.8, 4) is 0 Å². The quantitative estimate of drug-likeness (QED) is 0.857. The van der Waals surface area contributed by atoms with Gasteiger partial charge in [0.05, 0.1) is 0 Å². The van der Waals surface area contributed by atoms with Crippen LogP contribution in [0.2, 0.25) is 0 Å². The summed E-state index contributed by atoms with van der Waals surface area (Å²) in [5, 5.41) is 4.02. The Bertz CT molecular complexity index is 523. The topological polar surface area (TPSA) is 64.9 Å². The summed E-state index contributed by atoms with van der Waals surface area (Å²) in [6.07, 6.45) is 2.48. The molecule has 0 amide bonds. The van der Waals surface area contributed by atoms with Crippen LogP contribution in [0.1, 0.15) is 38.0 Å². The first-order valence-electron chi connectivity index (χ1n) is 6.58. The van der Waals surface area contributed by atoms with Crippen molar-refractivity contribution >= 4 is 5.69 Å². The molecule has 1 aromatic heterocycles. The molecule has 4 heteroatoms. The SMILES string of the molecule is CC(C)(C)Cc1noc(CCc2ccc(N)cc2)n1. The molecule has 0 saturated heterocycles. The zero-order chi connectivity index (χ0) is 13.9. The van der Waals surface area contributed by atoms with Gasteiger partial charge < -0.3 is 10.3 Å². The van der Waals surface area contributed by atoms with Crippen LogP contribution in [0.5, 0.6) is 0 Å². The maximum atomic E-state index is 5.66. The Kier molecular flexibility index (Phi) is 3.88. The van der Waals surface area contributed by atoms with Gasteiger partial charge in [0.15, 0.2) is 5.82 Å². The number of hydrogen-bond donors (Lipinski definition) is 1. The smallest absolute Gasteiger partial charge is 0.226 e. The maximum absolute atomic E-state index is 5.66. The van der Waals surface area contributed by atoms with E-state index in [-0.39, 0.29) is 5.41 Å². The van der Waals surface area contributed by atoms with E-state index in [0.29, 0.717) is 5.89 Å². The average molecular weight is 259 g/mol. The zero-order valence-electron chi connectivity index (χ0n) is 11.8. The molecule has 4 nitrogen and oxygen atoms in total. The maximum Gasteiger partial charge on any atom is 0.226 e. The van der Waals surface area contributed by atoms with Crippen LogP contribution >= 0.6 is 0 Å². The number of anilines is 1. The van der Waals surface area contributed by atoms with E-state index in [1.54, 1.807) is 0 Å². The van der Waals surface area contributed by atoms with Crippen LogP contribution in [-0.4, -0.2) is 10.1 Å². The Labute approximate surface area is 114 Å². The standard InChI is InChI=1S/C15H21N3O/c1-15(2,3)10-13-17-14(19-18-13)9-6-11-4-7-12(16)8-5-11/h4-5,7-8H,6,9-10,16H2,1-3H3. The van der Waals surface area contributed by atoms with Gasteiger partial charge in [-0.1, -0.05) is 38.1 Å². The van der Waals surface area contributed by atoms with Crippen LogP contribution < -0.4 is 5.73 Å². The van der Waals surface area contributed by atoms with E-state index >= 15 is 0 Å². The van der Waals surface area contributed by atoms with Gasteiger partial charge in [0.25, 0.3) is 0 Å². The molecule has 0 aliphatic carbocycles. The van der Waals surface area contributed by atoms with Crippen molar-refractivity contribution in [1.82, 2.24) is 10.1 Å². The number of aryl methyl sites for hydroxylation is 2. The largest absolute Gasteiger partial charge is 0.399 e. The minimum Gasteiger partial charge on any atom is -0.399 e. The van der Waals surface area contributed by atoms with Gasteiger partial charge in [-0.15, -0.1) is 0 Å². The summed E-state index contributed by atoms with van der Waals surface area (Å²) in [6.45, 7) is 6.49. The van der Waals surface area contributed by atoms with Gasteiger partial charge in [0.1, 0.15) is 0 Å². The lowest BCUT2D eigenvalue weighted by Gasteiger charge is -2.14. The first-order chi connectivity index (χ1) is 8.92. The summed E-state index contributed by atoms with van der Waals surface area (Å²) in [4.78, 5) is 4.43. The van der Waals surface area contributed by atoms with Gasteiger partial charge >= 0.3 is 0 Å². The molecule has 0 unspecified atom stereocenters. The monoisotopic (exact) mass is 259 g/mol. The van der Waals surface area contributed by atoms with E-state index in [0.717, 1.165) is 30.8 Å². The summed E-state index contributed by atoms with van der Waals surface area (Å²) in [6, 6.07) is 7.88. The van der Waals surface area contributed by atoms with Gasteiger partial charge in [-0.25, -0.2) is 0 Å². The fraction of sp³-hybridized carbons (Fsp3) is 0.467. The molecule has 19 heavy (non-hydrogen) atoms. The molecule has 0 radical (unpaired) electrons. The Hall–Kier alpha value is -1.84. The molecule has 0 saturated carbocycles. The molecule has 0 fully saturated rings. The van der Waals surface area contributed by atoms with Crippen molar-refractivity contribution in [2.45, 2.75) is 40.0 Å². The van der Waals surface area contributed by atoms with Gasteiger partial charge in [0.2, 0.25) is 5.89 Å². The minimum atomic E-state index is 0.179. The van der Waals surface area contributed by atoms with E-state index < -0.39 is 0 Å². The first kappa shape index (κ1) is 13.6. The Morgan fingerprint density at radius 2 is 1.79 bits per heavy atom. The molecule has 0 bridgehead atoms. The highest BCUT2D eigenvalue weighted by molar-refractivity contribution is 5.39. The highest BCUT2D eigenvalue weighted by atomic mass is 16.5. The first-order valence-corrected chi connectivity index (χ1v) is 6.58. The molecule has 1 aromatic carbocycles. The third-order valence-electron chi connectivity index (χ3n) is 2.81. The van der Waals surface area contributed by atoms with Gasteiger partial charge in [-0.2, -0.15) is 4.98 Å². The van der Waals surface area contributed by atoms with Crippen LogP contribution in [-0.2, 0) is 19.3 Å². The molecule has 2 rings (SSSR count). The number of rotatable bonds is 4. The molecule has 2 N–H and O–H groups in total. The lowest BCUT2D eigenvalue weighted by atomic mass is 9.92. The summed E-state index contributed by atoms with van der Waals surface area (Å²) in [5.74, 6) is 1.50. The zero-order valence-corrected chi connectivity index (χ0v) is 11.8. The molecule has 2 aromatic rings. The molecule has 0 spiro atoms. The van der Waals surface area contributed by atoms with E-state index in [1.165, 1.54) is 5.56 Å². The van der Waals surface area contributed by atoms with E-state index in [4.69, 9.17) is 10.3 Å². The van der Waals surface area contributed by atoms with Crippen LogP contribution in [0.3, 0.4) is 0 Å². The molecule has 0 aliphatic heterocycles. The van der Waals surface area contributed by atoms with E-state index in [1.807, 2.05) is 24.3 Å². The van der Waals surface area contributed by atoms with Crippen molar-refractivity contribution in [3.63, 3.8) is 0 Å². The number of aromatic nitrogens is 2. The fourth-order valence-corrected chi connectivity index (χ4v) is 1.87.